The van der Waals surface area contributed by atoms with Crippen molar-refractivity contribution in [1.29, 1.82) is 0 Å². The highest BCUT2D eigenvalue weighted by Gasteiger charge is 2.30. The van der Waals surface area contributed by atoms with E-state index >= 15 is 0 Å². The van der Waals surface area contributed by atoms with E-state index in [1.807, 2.05) is 12.1 Å². The molecule has 1 heterocycles. The molecule has 1 aromatic rings. The molecule has 144 valence electrons. The molecule has 0 bridgehead atoms. The Labute approximate surface area is 153 Å². The van der Waals surface area contributed by atoms with Crippen LogP contribution in [0.2, 0.25) is 0 Å². The molecule has 2 amide bonds. The van der Waals surface area contributed by atoms with Gasteiger partial charge in [0.2, 0.25) is 10.0 Å². The molecule has 2 rings (SSSR count). The van der Waals surface area contributed by atoms with Crippen LogP contribution in [-0.2, 0) is 21.2 Å². The fraction of sp³-hybridized carbons (Fsp3) is 0.529. The number of sulfonamides is 1. The molecule has 1 aliphatic rings. The van der Waals surface area contributed by atoms with Crippen LogP contribution in [0.15, 0.2) is 29.2 Å². The van der Waals surface area contributed by atoms with E-state index in [2.05, 4.69) is 12.2 Å². The lowest BCUT2D eigenvalue weighted by atomic mass is 10.1. The van der Waals surface area contributed by atoms with Crippen LogP contribution in [0.25, 0.3) is 0 Å². The maximum atomic E-state index is 12.7. The molecule has 1 aliphatic heterocycles. The van der Waals surface area contributed by atoms with Crippen LogP contribution < -0.4 is 5.32 Å². The zero-order chi connectivity index (χ0) is 19.2. The number of benzene rings is 1. The van der Waals surface area contributed by atoms with E-state index in [0.29, 0.717) is 0 Å². The van der Waals surface area contributed by atoms with Crippen LogP contribution in [0, 0.1) is 0 Å². The van der Waals surface area contributed by atoms with Gasteiger partial charge in [0.25, 0.3) is 0 Å². The van der Waals surface area contributed by atoms with Gasteiger partial charge in [-0.2, -0.15) is 4.31 Å². The minimum atomic E-state index is -3.57. The average molecular weight is 383 g/mol. The van der Waals surface area contributed by atoms with Crippen LogP contribution in [0.1, 0.15) is 25.3 Å². The van der Waals surface area contributed by atoms with Gasteiger partial charge in [0.1, 0.15) is 0 Å². The molecule has 0 aliphatic carbocycles. The summed E-state index contributed by atoms with van der Waals surface area (Å²) in [6.45, 7) is 3.09. The molecule has 0 spiro atoms. The van der Waals surface area contributed by atoms with Gasteiger partial charge < -0.3 is 15.3 Å². The van der Waals surface area contributed by atoms with Crippen molar-refractivity contribution in [3.8, 4) is 0 Å². The molecule has 0 saturated carbocycles. The largest absolute Gasteiger partial charge is 0.481 e. The predicted octanol–water partition coefficient (Wildman–Crippen LogP) is 1.13. The maximum absolute atomic E-state index is 12.7. The van der Waals surface area contributed by atoms with E-state index in [9.17, 15) is 18.0 Å². The Balaban J connectivity index is 1.91. The highest BCUT2D eigenvalue weighted by Crippen LogP contribution is 2.19. The first-order chi connectivity index (χ1) is 12.3. The van der Waals surface area contributed by atoms with Crippen molar-refractivity contribution in [2.45, 2.75) is 31.1 Å². The molecule has 26 heavy (non-hydrogen) atoms. The zero-order valence-corrected chi connectivity index (χ0v) is 15.7. The molecular weight excluding hydrogens is 358 g/mol. The lowest BCUT2D eigenvalue weighted by Gasteiger charge is -2.34. The first-order valence-corrected chi connectivity index (χ1v) is 10.1. The highest BCUT2D eigenvalue weighted by atomic mass is 32.2. The maximum Gasteiger partial charge on any atom is 0.317 e. The van der Waals surface area contributed by atoms with Gasteiger partial charge in [-0.05, 0) is 24.1 Å². The van der Waals surface area contributed by atoms with Crippen LogP contribution in [0.4, 0.5) is 4.79 Å². The van der Waals surface area contributed by atoms with Crippen molar-refractivity contribution in [2.24, 2.45) is 0 Å². The van der Waals surface area contributed by atoms with E-state index in [1.165, 1.54) is 9.21 Å². The van der Waals surface area contributed by atoms with E-state index in [1.54, 1.807) is 12.1 Å². The van der Waals surface area contributed by atoms with Gasteiger partial charge in [-0.1, -0.05) is 25.5 Å². The molecule has 1 fully saturated rings. The Morgan fingerprint density at radius 1 is 1.12 bits per heavy atom. The number of aryl methyl sites for hydroxylation is 1. The topological polar surface area (TPSA) is 107 Å². The molecule has 1 saturated heterocycles. The summed E-state index contributed by atoms with van der Waals surface area (Å²) in [5, 5.41) is 11.1. The van der Waals surface area contributed by atoms with Crippen molar-refractivity contribution in [1.82, 2.24) is 14.5 Å². The Morgan fingerprint density at radius 2 is 1.73 bits per heavy atom. The Bertz CT molecular complexity index is 725. The number of hydrogen-bond donors (Lipinski definition) is 2. The van der Waals surface area contributed by atoms with Gasteiger partial charge in [0, 0.05) is 32.7 Å². The summed E-state index contributed by atoms with van der Waals surface area (Å²) in [5.74, 6) is -0.980. The number of urea groups is 1. The van der Waals surface area contributed by atoms with Crippen LogP contribution in [0.5, 0.6) is 0 Å². The number of carboxylic acids is 1. The molecule has 8 nitrogen and oxygen atoms in total. The summed E-state index contributed by atoms with van der Waals surface area (Å²) in [6.07, 6.45) is 1.77. The van der Waals surface area contributed by atoms with E-state index in [0.717, 1.165) is 18.4 Å². The second-order valence-corrected chi connectivity index (χ2v) is 8.10. The number of rotatable bonds is 7. The number of carbonyl (C=O) groups is 2. The van der Waals surface area contributed by atoms with Crippen molar-refractivity contribution >= 4 is 22.0 Å². The quantitative estimate of drug-likeness (QED) is 0.734. The van der Waals surface area contributed by atoms with Gasteiger partial charge in [-0.15, -0.1) is 0 Å². The smallest absolute Gasteiger partial charge is 0.317 e. The summed E-state index contributed by atoms with van der Waals surface area (Å²) in [6, 6.07) is 6.56. The fourth-order valence-corrected chi connectivity index (χ4v) is 4.21. The van der Waals surface area contributed by atoms with Crippen molar-refractivity contribution < 1.29 is 23.1 Å². The number of hydrogen-bond acceptors (Lipinski definition) is 4. The number of carbonyl (C=O) groups excluding carboxylic acids is 1. The molecule has 0 atom stereocenters. The Morgan fingerprint density at radius 3 is 2.27 bits per heavy atom. The molecular formula is C17H25N3O5S. The van der Waals surface area contributed by atoms with E-state index in [4.69, 9.17) is 5.11 Å². The number of piperazine rings is 1. The lowest BCUT2D eigenvalue weighted by Crippen LogP contribution is -2.53. The van der Waals surface area contributed by atoms with Gasteiger partial charge in [0.15, 0.2) is 0 Å². The number of nitrogens with zero attached hydrogens (tertiary/aromatic N) is 2. The first-order valence-electron chi connectivity index (χ1n) is 8.68. The first kappa shape index (κ1) is 20.2. The second-order valence-electron chi connectivity index (χ2n) is 6.16. The number of nitrogens with one attached hydrogen (secondary N) is 1. The average Bonchev–Trinajstić information content (AvgIpc) is 2.62. The van der Waals surface area contributed by atoms with Gasteiger partial charge in [-0.25, -0.2) is 13.2 Å². The number of amides is 2. The van der Waals surface area contributed by atoms with Crippen molar-refractivity contribution in [3.05, 3.63) is 29.8 Å². The van der Waals surface area contributed by atoms with Gasteiger partial charge in [-0.3, -0.25) is 4.79 Å². The summed E-state index contributed by atoms with van der Waals surface area (Å²) >= 11 is 0. The third kappa shape index (κ3) is 5.18. The summed E-state index contributed by atoms with van der Waals surface area (Å²) in [7, 11) is -3.57. The van der Waals surface area contributed by atoms with Crippen molar-refractivity contribution in [3.63, 3.8) is 0 Å². The molecule has 0 radical (unpaired) electrons. The van der Waals surface area contributed by atoms with Crippen LogP contribution >= 0.6 is 0 Å². The minimum Gasteiger partial charge on any atom is -0.481 e. The minimum absolute atomic E-state index is 0.0524. The lowest BCUT2D eigenvalue weighted by molar-refractivity contribution is -0.136. The standard InChI is InChI=1S/C17H25N3O5S/c1-2-3-14-4-6-15(7-5-14)26(24,25)20-12-10-19(11-13-20)17(23)18-9-8-16(21)22/h4-7H,2-3,8-13H2,1H3,(H,18,23)(H,21,22). The molecule has 0 aromatic heterocycles. The van der Waals surface area contributed by atoms with E-state index < -0.39 is 16.0 Å². The van der Waals surface area contributed by atoms with Crippen LogP contribution in [0.3, 0.4) is 0 Å². The van der Waals surface area contributed by atoms with Gasteiger partial charge >= 0.3 is 12.0 Å². The number of carboxylic acid groups (broad SMARTS) is 1. The number of aliphatic carboxylic acids is 1. The highest BCUT2D eigenvalue weighted by molar-refractivity contribution is 7.89. The SMILES string of the molecule is CCCc1ccc(S(=O)(=O)N2CCN(C(=O)NCCC(=O)O)CC2)cc1. The normalized spacial score (nSPS) is 15.7. The second kappa shape index (κ2) is 9.00. The Hall–Kier alpha value is -2.13. The molecule has 9 heteroatoms. The summed E-state index contributed by atoms with van der Waals surface area (Å²) < 4.78 is 26.8. The third-order valence-electron chi connectivity index (χ3n) is 4.24. The molecule has 1 aromatic carbocycles. The zero-order valence-electron chi connectivity index (χ0n) is 14.8. The monoisotopic (exact) mass is 383 g/mol. The summed E-state index contributed by atoms with van der Waals surface area (Å²) in [4.78, 5) is 24.2. The predicted molar refractivity (Wildman–Crippen MR) is 96.4 cm³/mol. The van der Waals surface area contributed by atoms with Crippen molar-refractivity contribution in [2.75, 3.05) is 32.7 Å². The molecule has 2 N–H and O–H groups in total. The van der Waals surface area contributed by atoms with E-state index in [-0.39, 0.29) is 50.1 Å². The van der Waals surface area contributed by atoms with Crippen LogP contribution in [-0.4, -0.2) is 67.5 Å². The summed E-state index contributed by atoms with van der Waals surface area (Å²) in [5.41, 5.74) is 1.11. The third-order valence-corrected chi connectivity index (χ3v) is 6.15. The fourth-order valence-electron chi connectivity index (χ4n) is 2.79. The Kier molecular flexibility index (Phi) is 6.98. The van der Waals surface area contributed by atoms with Gasteiger partial charge in [0.05, 0.1) is 11.3 Å². The molecule has 0 unspecified atom stereocenters.